The minimum atomic E-state index is -1.04. The SMILES string of the molecule is CCCc1c(C2CC2c2ccc(C)cc2)oc2ccc(C(=O)O)cc2c1=O. The van der Waals surface area contributed by atoms with E-state index in [9.17, 15) is 14.7 Å². The zero-order valence-corrected chi connectivity index (χ0v) is 15.5. The maximum Gasteiger partial charge on any atom is 0.335 e. The van der Waals surface area contributed by atoms with Crippen molar-refractivity contribution in [1.82, 2.24) is 0 Å². The van der Waals surface area contributed by atoms with E-state index in [0.29, 0.717) is 28.9 Å². The number of carboxylic acid groups (broad SMARTS) is 1. The van der Waals surface area contributed by atoms with Gasteiger partial charge in [0.15, 0.2) is 5.43 Å². The highest BCUT2D eigenvalue weighted by molar-refractivity contribution is 5.92. The number of fused-ring (bicyclic) bond motifs is 1. The van der Waals surface area contributed by atoms with E-state index >= 15 is 0 Å². The van der Waals surface area contributed by atoms with Crippen LogP contribution in [0.5, 0.6) is 0 Å². The van der Waals surface area contributed by atoms with Gasteiger partial charge in [-0.05, 0) is 49.4 Å². The van der Waals surface area contributed by atoms with Crippen molar-refractivity contribution in [3.05, 3.63) is 80.7 Å². The van der Waals surface area contributed by atoms with Crippen molar-refractivity contribution in [1.29, 1.82) is 0 Å². The Kier molecular flexibility index (Phi) is 4.34. The first-order chi connectivity index (χ1) is 13.0. The van der Waals surface area contributed by atoms with Crippen molar-refractivity contribution in [2.24, 2.45) is 0 Å². The molecule has 1 fully saturated rings. The third-order valence-electron chi connectivity index (χ3n) is 5.40. The standard InChI is InChI=1S/C23H22O4/c1-3-4-16-21(24)19-11-15(23(25)26)9-10-20(19)27-22(16)18-12-17(18)14-7-5-13(2)6-8-14/h5-11,17-18H,3-4,12H2,1-2H3,(H,25,26). The normalized spacial score (nSPS) is 18.6. The fourth-order valence-corrected chi connectivity index (χ4v) is 3.84. The first-order valence-electron chi connectivity index (χ1n) is 9.39. The molecular formula is C23H22O4. The largest absolute Gasteiger partial charge is 0.478 e. The summed E-state index contributed by atoms with van der Waals surface area (Å²) in [5.74, 6) is 0.327. The Bertz CT molecular complexity index is 1080. The Hall–Kier alpha value is -2.88. The summed E-state index contributed by atoms with van der Waals surface area (Å²) in [5, 5.41) is 9.56. The topological polar surface area (TPSA) is 67.5 Å². The smallest absolute Gasteiger partial charge is 0.335 e. The van der Waals surface area contributed by atoms with Crippen LogP contribution < -0.4 is 5.43 Å². The van der Waals surface area contributed by atoms with Crippen molar-refractivity contribution in [3.63, 3.8) is 0 Å². The van der Waals surface area contributed by atoms with E-state index in [4.69, 9.17) is 4.42 Å². The molecule has 0 amide bonds. The minimum absolute atomic E-state index is 0.0919. The van der Waals surface area contributed by atoms with E-state index in [-0.39, 0.29) is 16.9 Å². The lowest BCUT2D eigenvalue weighted by atomic mass is 10.00. The summed E-state index contributed by atoms with van der Waals surface area (Å²) in [7, 11) is 0. The molecule has 4 rings (SSSR count). The molecule has 1 N–H and O–H groups in total. The second kappa shape index (κ2) is 6.69. The molecule has 27 heavy (non-hydrogen) atoms. The van der Waals surface area contributed by atoms with Gasteiger partial charge in [0.2, 0.25) is 0 Å². The van der Waals surface area contributed by atoms with Crippen LogP contribution in [0.3, 0.4) is 0 Å². The minimum Gasteiger partial charge on any atom is -0.478 e. The van der Waals surface area contributed by atoms with Crippen LogP contribution in [-0.4, -0.2) is 11.1 Å². The van der Waals surface area contributed by atoms with Crippen LogP contribution in [0.25, 0.3) is 11.0 Å². The molecule has 1 saturated carbocycles. The highest BCUT2D eigenvalue weighted by Crippen LogP contribution is 2.55. The second-order valence-corrected chi connectivity index (χ2v) is 7.40. The van der Waals surface area contributed by atoms with E-state index in [1.54, 1.807) is 6.07 Å². The third-order valence-corrected chi connectivity index (χ3v) is 5.40. The molecular weight excluding hydrogens is 340 g/mol. The van der Waals surface area contributed by atoms with Crippen molar-refractivity contribution in [3.8, 4) is 0 Å². The lowest BCUT2D eigenvalue weighted by Crippen LogP contribution is -2.13. The fourth-order valence-electron chi connectivity index (χ4n) is 3.84. The van der Waals surface area contributed by atoms with Gasteiger partial charge in [-0.3, -0.25) is 4.79 Å². The summed E-state index contributed by atoms with van der Waals surface area (Å²) >= 11 is 0. The highest BCUT2D eigenvalue weighted by atomic mass is 16.4. The molecule has 0 saturated heterocycles. The van der Waals surface area contributed by atoms with Crippen molar-refractivity contribution in [2.75, 3.05) is 0 Å². The summed E-state index contributed by atoms with van der Waals surface area (Å²) in [6, 6.07) is 13.0. The summed E-state index contributed by atoms with van der Waals surface area (Å²) in [4.78, 5) is 24.3. The molecule has 4 heteroatoms. The number of benzene rings is 2. The first-order valence-corrected chi connectivity index (χ1v) is 9.39. The summed E-state index contributed by atoms with van der Waals surface area (Å²) < 4.78 is 6.17. The molecule has 1 aromatic heterocycles. The summed E-state index contributed by atoms with van der Waals surface area (Å²) in [5.41, 5.74) is 3.69. The summed E-state index contributed by atoms with van der Waals surface area (Å²) in [6.07, 6.45) is 2.45. The molecule has 0 radical (unpaired) electrons. The molecule has 1 heterocycles. The molecule has 2 aromatic carbocycles. The molecule has 0 bridgehead atoms. The third kappa shape index (κ3) is 3.16. The van der Waals surface area contributed by atoms with Gasteiger partial charge in [-0.25, -0.2) is 4.79 Å². The Labute approximate surface area is 157 Å². The number of carbonyl (C=O) groups is 1. The van der Waals surface area contributed by atoms with E-state index in [0.717, 1.165) is 18.6 Å². The molecule has 0 aliphatic heterocycles. The zero-order chi connectivity index (χ0) is 19.1. The molecule has 3 aromatic rings. The average molecular weight is 362 g/mol. The van der Waals surface area contributed by atoms with E-state index in [2.05, 4.69) is 31.2 Å². The Morgan fingerprint density at radius 1 is 1.15 bits per heavy atom. The van der Waals surface area contributed by atoms with Crippen molar-refractivity contribution in [2.45, 2.75) is 44.9 Å². The second-order valence-electron chi connectivity index (χ2n) is 7.40. The molecule has 2 unspecified atom stereocenters. The Morgan fingerprint density at radius 2 is 1.89 bits per heavy atom. The van der Waals surface area contributed by atoms with Crippen LogP contribution in [0.4, 0.5) is 0 Å². The van der Waals surface area contributed by atoms with Gasteiger partial charge >= 0.3 is 5.97 Å². The number of hydrogen-bond acceptors (Lipinski definition) is 3. The van der Waals surface area contributed by atoms with E-state index in [1.807, 2.05) is 6.92 Å². The van der Waals surface area contributed by atoms with Gasteiger partial charge in [0, 0.05) is 11.5 Å². The zero-order valence-electron chi connectivity index (χ0n) is 15.5. The quantitative estimate of drug-likeness (QED) is 0.692. The van der Waals surface area contributed by atoms with Gasteiger partial charge in [0.05, 0.1) is 10.9 Å². The predicted molar refractivity (Wildman–Crippen MR) is 105 cm³/mol. The monoisotopic (exact) mass is 362 g/mol. The number of aryl methyl sites for hydroxylation is 1. The van der Waals surface area contributed by atoms with Gasteiger partial charge < -0.3 is 9.52 Å². The van der Waals surface area contributed by atoms with Crippen LogP contribution in [-0.2, 0) is 6.42 Å². The van der Waals surface area contributed by atoms with Gasteiger partial charge in [-0.1, -0.05) is 43.2 Å². The molecule has 1 aliphatic carbocycles. The fraction of sp³-hybridized carbons (Fsp3) is 0.304. The number of carboxylic acids is 1. The molecule has 1 aliphatic rings. The van der Waals surface area contributed by atoms with Crippen LogP contribution in [0, 0.1) is 6.92 Å². The van der Waals surface area contributed by atoms with Gasteiger partial charge in [0.1, 0.15) is 11.3 Å². The predicted octanol–water partition coefficient (Wildman–Crippen LogP) is 5.02. The number of rotatable bonds is 5. The Morgan fingerprint density at radius 3 is 2.56 bits per heavy atom. The highest BCUT2D eigenvalue weighted by Gasteiger charge is 2.43. The molecule has 4 nitrogen and oxygen atoms in total. The van der Waals surface area contributed by atoms with Crippen molar-refractivity contribution < 1.29 is 14.3 Å². The maximum atomic E-state index is 13.1. The molecule has 2 atom stereocenters. The average Bonchev–Trinajstić information content (AvgIpc) is 3.45. The number of aromatic carboxylic acids is 1. The lowest BCUT2D eigenvalue weighted by Gasteiger charge is -2.10. The maximum absolute atomic E-state index is 13.1. The molecule has 0 spiro atoms. The van der Waals surface area contributed by atoms with Crippen LogP contribution in [0.2, 0.25) is 0 Å². The van der Waals surface area contributed by atoms with Crippen molar-refractivity contribution >= 4 is 16.9 Å². The van der Waals surface area contributed by atoms with Crippen LogP contribution in [0.1, 0.15) is 64.4 Å². The summed E-state index contributed by atoms with van der Waals surface area (Å²) in [6.45, 7) is 4.10. The first kappa shape index (κ1) is 17.5. The Balaban J connectivity index is 1.79. The number of hydrogen-bond donors (Lipinski definition) is 1. The van der Waals surface area contributed by atoms with Crippen LogP contribution >= 0.6 is 0 Å². The van der Waals surface area contributed by atoms with E-state index < -0.39 is 5.97 Å². The van der Waals surface area contributed by atoms with E-state index in [1.165, 1.54) is 23.3 Å². The molecule has 138 valence electrons. The van der Waals surface area contributed by atoms with Gasteiger partial charge in [-0.15, -0.1) is 0 Å². The van der Waals surface area contributed by atoms with Gasteiger partial charge in [0.25, 0.3) is 0 Å². The van der Waals surface area contributed by atoms with Gasteiger partial charge in [-0.2, -0.15) is 0 Å². The van der Waals surface area contributed by atoms with Crippen LogP contribution in [0.15, 0.2) is 51.7 Å². The lowest BCUT2D eigenvalue weighted by molar-refractivity contribution is 0.0697.